The SMILES string of the molecule is CC(=O)C(CC(C)O)Sc1ccccc1. The highest BCUT2D eigenvalue weighted by atomic mass is 32.2. The van der Waals surface area contributed by atoms with Crippen molar-refractivity contribution >= 4 is 17.5 Å². The van der Waals surface area contributed by atoms with Crippen LogP contribution in [0.15, 0.2) is 35.2 Å². The summed E-state index contributed by atoms with van der Waals surface area (Å²) in [7, 11) is 0. The molecule has 1 aromatic carbocycles. The second kappa shape index (κ2) is 5.93. The van der Waals surface area contributed by atoms with E-state index in [-0.39, 0.29) is 11.0 Å². The average Bonchev–Trinajstić information content (AvgIpc) is 2.17. The molecule has 82 valence electrons. The molecule has 1 aromatic rings. The van der Waals surface area contributed by atoms with Crippen LogP contribution in [0.5, 0.6) is 0 Å². The molecule has 0 fully saturated rings. The van der Waals surface area contributed by atoms with Crippen molar-refractivity contribution in [3.63, 3.8) is 0 Å². The van der Waals surface area contributed by atoms with E-state index in [1.165, 1.54) is 11.8 Å². The highest BCUT2D eigenvalue weighted by Gasteiger charge is 2.17. The van der Waals surface area contributed by atoms with Gasteiger partial charge in [0.1, 0.15) is 5.78 Å². The topological polar surface area (TPSA) is 37.3 Å². The molecule has 2 unspecified atom stereocenters. The Labute approximate surface area is 94.7 Å². The van der Waals surface area contributed by atoms with Crippen LogP contribution >= 0.6 is 11.8 Å². The van der Waals surface area contributed by atoms with Gasteiger partial charge in [0.25, 0.3) is 0 Å². The van der Waals surface area contributed by atoms with Crippen LogP contribution in [0.4, 0.5) is 0 Å². The first kappa shape index (κ1) is 12.3. The van der Waals surface area contributed by atoms with Gasteiger partial charge in [-0.1, -0.05) is 18.2 Å². The molecule has 0 aliphatic carbocycles. The Bertz CT molecular complexity index is 309. The number of rotatable bonds is 5. The molecular formula is C12H16O2S. The highest BCUT2D eigenvalue weighted by Crippen LogP contribution is 2.26. The van der Waals surface area contributed by atoms with Crippen LogP contribution in [0, 0.1) is 0 Å². The summed E-state index contributed by atoms with van der Waals surface area (Å²) in [6.45, 7) is 3.28. The van der Waals surface area contributed by atoms with Crippen LogP contribution in [0.2, 0.25) is 0 Å². The molecule has 15 heavy (non-hydrogen) atoms. The van der Waals surface area contributed by atoms with E-state index in [9.17, 15) is 9.90 Å². The largest absolute Gasteiger partial charge is 0.393 e. The van der Waals surface area contributed by atoms with Gasteiger partial charge in [0.2, 0.25) is 0 Å². The van der Waals surface area contributed by atoms with Crippen molar-refractivity contribution in [1.29, 1.82) is 0 Å². The predicted octanol–water partition coefficient (Wildman–Crippen LogP) is 2.51. The first-order chi connectivity index (χ1) is 7.09. The van der Waals surface area contributed by atoms with E-state index in [4.69, 9.17) is 0 Å². The van der Waals surface area contributed by atoms with Crippen molar-refractivity contribution in [1.82, 2.24) is 0 Å². The maximum absolute atomic E-state index is 11.4. The summed E-state index contributed by atoms with van der Waals surface area (Å²) >= 11 is 1.52. The van der Waals surface area contributed by atoms with E-state index >= 15 is 0 Å². The maximum atomic E-state index is 11.4. The molecule has 0 aliphatic heterocycles. The van der Waals surface area contributed by atoms with Crippen LogP contribution in [-0.2, 0) is 4.79 Å². The molecule has 0 saturated heterocycles. The first-order valence-corrected chi connectivity index (χ1v) is 5.88. The molecule has 3 heteroatoms. The third kappa shape index (κ3) is 4.49. The Balaban J connectivity index is 2.63. The van der Waals surface area contributed by atoms with Crippen molar-refractivity contribution in [2.45, 2.75) is 36.5 Å². The van der Waals surface area contributed by atoms with Crippen molar-refractivity contribution < 1.29 is 9.90 Å². The van der Waals surface area contributed by atoms with Crippen molar-refractivity contribution in [2.75, 3.05) is 0 Å². The zero-order valence-corrected chi connectivity index (χ0v) is 9.83. The smallest absolute Gasteiger partial charge is 0.143 e. The second-order valence-corrected chi connectivity index (χ2v) is 4.89. The van der Waals surface area contributed by atoms with Gasteiger partial charge in [-0.3, -0.25) is 4.79 Å². The molecule has 2 atom stereocenters. The van der Waals surface area contributed by atoms with Gasteiger partial charge in [-0.25, -0.2) is 0 Å². The van der Waals surface area contributed by atoms with E-state index in [1.807, 2.05) is 30.3 Å². The number of aliphatic hydroxyl groups excluding tert-OH is 1. The standard InChI is InChI=1S/C12H16O2S/c1-9(13)8-12(10(2)14)15-11-6-4-3-5-7-11/h3-7,9,12-13H,8H2,1-2H3. The third-order valence-electron chi connectivity index (χ3n) is 2.03. The summed E-state index contributed by atoms with van der Waals surface area (Å²) in [4.78, 5) is 12.4. The summed E-state index contributed by atoms with van der Waals surface area (Å²) in [6.07, 6.45) is 0.0737. The molecule has 1 rings (SSSR count). The van der Waals surface area contributed by atoms with Gasteiger partial charge < -0.3 is 5.11 Å². The molecule has 0 saturated carbocycles. The monoisotopic (exact) mass is 224 g/mol. The minimum atomic E-state index is -0.435. The lowest BCUT2D eigenvalue weighted by atomic mass is 10.2. The van der Waals surface area contributed by atoms with Gasteiger partial charge in [0, 0.05) is 4.90 Å². The predicted molar refractivity (Wildman–Crippen MR) is 63.1 cm³/mol. The molecular weight excluding hydrogens is 208 g/mol. The lowest BCUT2D eigenvalue weighted by molar-refractivity contribution is -0.117. The molecule has 2 nitrogen and oxygen atoms in total. The van der Waals surface area contributed by atoms with Crippen molar-refractivity contribution in [2.24, 2.45) is 0 Å². The average molecular weight is 224 g/mol. The summed E-state index contributed by atoms with van der Waals surface area (Å²) in [5.74, 6) is 0.116. The number of hydrogen-bond acceptors (Lipinski definition) is 3. The molecule has 0 radical (unpaired) electrons. The van der Waals surface area contributed by atoms with E-state index in [0.29, 0.717) is 6.42 Å². The Morgan fingerprint density at radius 3 is 2.47 bits per heavy atom. The molecule has 0 aromatic heterocycles. The van der Waals surface area contributed by atoms with Crippen LogP contribution in [-0.4, -0.2) is 22.2 Å². The molecule has 0 bridgehead atoms. The van der Waals surface area contributed by atoms with Crippen molar-refractivity contribution in [3.8, 4) is 0 Å². The Morgan fingerprint density at radius 1 is 1.40 bits per heavy atom. The van der Waals surface area contributed by atoms with E-state index in [0.717, 1.165) is 4.90 Å². The third-order valence-corrected chi connectivity index (χ3v) is 3.38. The lowest BCUT2D eigenvalue weighted by Crippen LogP contribution is -2.19. The zero-order valence-electron chi connectivity index (χ0n) is 9.01. The summed E-state index contributed by atoms with van der Waals surface area (Å²) in [6, 6.07) is 9.79. The minimum Gasteiger partial charge on any atom is -0.393 e. The first-order valence-electron chi connectivity index (χ1n) is 5.00. The Kier molecular flexibility index (Phi) is 4.85. The van der Waals surface area contributed by atoms with Gasteiger partial charge in [-0.05, 0) is 32.4 Å². The maximum Gasteiger partial charge on any atom is 0.143 e. The number of aliphatic hydroxyl groups is 1. The quantitative estimate of drug-likeness (QED) is 0.781. The number of carbonyl (C=O) groups excluding carboxylic acids is 1. The number of thioether (sulfide) groups is 1. The van der Waals surface area contributed by atoms with Crippen LogP contribution in [0.3, 0.4) is 0 Å². The van der Waals surface area contributed by atoms with E-state index in [1.54, 1.807) is 13.8 Å². The number of hydrogen-bond donors (Lipinski definition) is 1. The molecule has 0 spiro atoms. The minimum absolute atomic E-state index is 0.116. The Morgan fingerprint density at radius 2 is 2.00 bits per heavy atom. The van der Waals surface area contributed by atoms with Gasteiger partial charge in [-0.2, -0.15) is 0 Å². The van der Waals surface area contributed by atoms with Gasteiger partial charge in [-0.15, -0.1) is 11.8 Å². The summed E-state index contributed by atoms with van der Waals surface area (Å²) < 4.78 is 0. The Hall–Kier alpha value is -0.800. The zero-order chi connectivity index (χ0) is 11.3. The lowest BCUT2D eigenvalue weighted by Gasteiger charge is -2.14. The molecule has 0 amide bonds. The highest BCUT2D eigenvalue weighted by molar-refractivity contribution is 8.00. The molecule has 1 N–H and O–H groups in total. The van der Waals surface area contributed by atoms with Crippen molar-refractivity contribution in [3.05, 3.63) is 30.3 Å². The van der Waals surface area contributed by atoms with Gasteiger partial charge in [0.05, 0.1) is 11.4 Å². The normalized spacial score (nSPS) is 14.6. The fraction of sp³-hybridized carbons (Fsp3) is 0.417. The second-order valence-electron chi connectivity index (χ2n) is 3.61. The number of ketones is 1. The number of carbonyl (C=O) groups is 1. The summed E-state index contributed by atoms with van der Waals surface area (Å²) in [5.41, 5.74) is 0. The van der Waals surface area contributed by atoms with Crippen LogP contribution < -0.4 is 0 Å². The number of benzene rings is 1. The van der Waals surface area contributed by atoms with Crippen LogP contribution in [0.1, 0.15) is 20.3 Å². The number of Topliss-reactive ketones (excluding diaryl/α,β-unsaturated/α-hetero) is 1. The van der Waals surface area contributed by atoms with Gasteiger partial charge in [0.15, 0.2) is 0 Å². The fourth-order valence-corrected chi connectivity index (χ4v) is 2.45. The van der Waals surface area contributed by atoms with Crippen LogP contribution in [0.25, 0.3) is 0 Å². The molecule has 0 heterocycles. The van der Waals surface area contributed by atoms with E-state index in [2.05, 4.69) is 0 Å². The molecule has 0 aliphatic rings. The van der Waals surface area contributed by atoms with Gasteiger partial charge >= 0.3 is 0 Å². The summed E-state index contributed by atoms with van der Waals surface area (Å²) in [5, 5.41) is 9.14. The fourth-order valence-electron chi connectivity index (χ4n) is 1.27. The van der Waals surface area contributed by atoms with E-state index < -0.39 is 6.10 Å².